The smallest absolute Gasteiger partial charge is 0.137 e. The Kier molecular flexibility index (Phi) is 5.36. The number of hydrogen-bond donors (Lipinski definition) is 1. The van der Waals surface area contributed by atoms with Crippen LogP contribution in [0.4, 0.5) is 0 Å². The fraction of sp³-hybridized carbons (Fsp3) is 0.385. The van der Waals surface area contributed by atoms with Crippen molar-refractivity contribution in [2.24, 2.45) is 0 Å². The summed E-state index contributed by atoms with van der Waals surface area (Å²) in [5, 5.41) is 9.91. The van der Waals surface area contributed by atoms with Gasteiger partial charge < -0.3 is 9.84 Å². The minimum atomic E-state index is -0.507. The Morgan fingerprint density at radius 3 is 2.88 bits per heavy atom. The van der Waals surface area contributed by atoms with Gasteiger partial charge in [0, 0.05) is 0 Å². The first-order valence-corrected chi connectivity index (χ1v) is 5.74. The van der Waals surface area contributed by atoms with Crippen LogP contribution in [0.2, 0.25) is 5.02 Å². The van der Waals surface area contributed by atoms with Crippen molar-refractivity contribution < 1.29 is 9.84 Å². The molecule has 1 N–H and O–H groups in total. The van der Waals surface area contributed by atoms with E-state index >= 15 is 0 Å². The minimum Gasteiger partial charge on any atom is -0.492 e. The van der Waals surface area contributed by atoms with Crippen molar-refractivity contribution in [3.05, 3.63) is 41.4 Å². The van der Waals surface area contributed by atoms with Gasteiger partial charge in [0.25, 0.3) is 0 Å². The maximum Gasteiger partial charge on any atom is 0.137 e. The third-order valence-electron chi connectivity index (χ3n) is 2.25. The van der Waals surface area contributed by atoms with Gasteiger partial charge >= 0.3 is 0 Å². The maximum absolute atomic E-state index is 9.37. The predicted molar refractivity (Wildman–Crippen MR) is 67.0 cm³/mol. The lowest BCUT2D eigenvalue weighted by atomic mass is 10.1. The molecule has 16 heavy (non-hydrogen) atoms. The second-order valence-electron chi connectivity index (χ2n) is 3.65. The molecule has 0 aromatic heterocycles. The number of aliphatic hydroxyl groups excluding tert-OH is 1. The van der Waals surface area contributed by atoms with E-state index < -0.39 is 6.10 Å². The van der Waals surface area contributed by atoms with E-state index in [1.165, 1.54) is 0 Å². The van der Waals surface area contributed by atoms with Crippen molar-refractivity contribution in [2.45, 2.75) is 25.9 Å². The number of hydrogen-bond acceptors (Lipinski definition) is 2. The van der Waals surface area contributed by atoms with Crippen molar-refractivity contribution in [3.63, 3.8) is 0 Å². The van der Waals surface area contributed by atoms with Gasteiger partial charge in [0.05, 0.1) is 17.7 Å². The molecule has 0 heterocycles. The first kappa shape index (κ1) is 13.1. The Bertz CT molecular complexity index is 348. The molecule has 0 spiro atoms. The van der Waals surface area contributed by atoms with Crippen LogP contribution >= 0.6 is 11.6 Å². The lowest BCUT2D eigenvalue weighted by Gasteiger charge is -2.10. The Hall–Kier alpha value is -0.990. The molecule has 1 rings (SSSR count). The molecular weight excluding hydrogens is 224 g/mol. The number of rotatable bonds is 6. The molecule has 1 aromatic rings. The Morgan fingerprint density at radius 1 is 1.56 bits per heavy atom. The highest BCUT2D eigenvalue weighted by molar-refractivity contribution is 6.32. The van der Waals surface area contributed by atoms with Crippen molar-refractivity contribution in [1.29, 1.82) is 0 Å². The van der Waals surface area contributed by atoms with Crippen LogP contribution in [-0.4, -0.2) is 11.7 Å². The van der Waals surface area contributed by atoms with E-state index in [1.54, 1.807) is 19.1 Å². The SMILES string of the molecule is C=CCCCOc1ccc(C(C)O)cc1Cl. The summed E-state index contributed by atoms with van der Waals surface area (Å²) in [4.78, 5) is 0. The zero-order valence-electron chi connectivity index (χ0n) is 9.45. The van der Waals surface area contributed by atoms with Gasteiger partial charge in [-0.3, -0.25) is 0 Å². The van der Waals surface area contributed by atoms with E-state index in [4.69, 9.17) is 16.3 Å². The molecule has 0 aliphatic carbocycles. The van der Waals surface area contributed by atoms with E-state index in [0.717, 1.165) is 18.4 Å². The molecule has 1 unspecified atom stereocenters. The van der Waals surface area contributed by atoms with Gasteiger partial charge in [-0.1, -0.05) is 23.7 Å². The molecule has 0 fully saturated rings. The Morgan fingerprint density at radius 2 is 2.31 bits per heavy atom. The van der Waals surface area contributed by atoms with Crippen LogP contribution in [-0.2, 0) is 0 Å². The summed E-state index contributed by atoms with van der Waals surface area (Å²) >= 11 is 6.03. The molecule has 1 aromatic carbocycles. The van der Waals surface area contributed by atoms with Crippen LogP contribution in [0.5, 0.6) is 5.75 Å². The van der Waals surface area contributed by atoms with E-state index in [0.29, 0.717) is 17.4 Å². The third kappa shape index (κ3) is 3.87. The standard InChI is InChI=1S/C13H17ClO2/c1-3-4-5-8-16-13-7-6-11(10(2)15)9-12(13)14/h3,6-7,9-10,15H,1,4-5,8H2,2H3. The summed E-state index contributed by atoms with van der Waals surface area (Å²) in [6.45, 7) is 5.97. The van der Waals surface area contributed by atoms with Crippen LogP contribution in [0.3, 0.4) is 0 Å². The molecule has 0 aliphatic heterocycles. The van der Waals surface area contributed by atoms with Crippen LogP contribution in [0.1, 0.15) is 31.4 Å². The maximum atomic E-state index is 9.37. The van der Waals surface area contributed by atoms with Gasteiger partial charge in [-0.2, -0.15) is 0 Å². The molecule has 2 nitrogen and oxygen atoms in total. The van der Waals surface area contributed by atoms with Gasteiger partial charge in [0.1, 0.15) is 5.75 Å². The topological polar surface area (TPSA) is 29.5 Å². The average molecular weight is 241 g/mol. The van der Waals surface area contributed by atoms with Gasteiger partial charge in [-0.15, -0.1) is 6.58 Å². The number of halogens is 1. The molecule has 88 valence electrons. The highest BCUT2D eigenvalue weighted by atomic mass is 35.5. The van der Waals surface area contributed by atoms with Crippen LogP contribution in [0.15, 0.2) is 30.9 Å². The molecule has 0 aliphatic rings. The largest absolute Gasteiger partial charge is 0.492 e. The summed E-state index contributed by atoms with van der Waals surface area (Å²) in [6.07, 6.45) is 3.22. The van der Waals surface area contributed by atoms with Crippen molar-refractivity contribution >= 4 is 11.6 Å². The van der Waals surface area contributed by atoms with E-state index in [2.05, 4.69) is 6.58 Å². The minimum absolute atomic E-state index is 0.507. The zero-order valence-corrected chi connectivity index (χ0v) is 10.2. The summed E-state index contributed by atoms with van der Waals surface area (Å²) < 4.78 is 5.51. The number of allylic oxidation sites excluding steroid dienone is 1. The number of unbranched alkanes of at least 4 members (excludes halogenated alkanes) is 1. The lowest BCUT2D eigenvalue weighted by Crippen LogP contribution is -1.98. The highest BCUT2D eigenvalue weighted by Gasteiger charge is 2.06. The zero-order chi connectivity index (χ0) is 12.0. The summed E-state index contributed by atoms with van der Waals surface area (Å²) in [5.41, 5.74) is 0.795. The van der Waals surface area contributed by atoms with Gasteiger partial charge in [-0.25, -0.2) is 0 Å². The lowest BCUT2D eigenvalue weighted by molar-refractivity contribution is 0.199. The molecule has 0 saturated heterocycles. The van der Waals surface area contributed by atoms with E-state index in [-0.39, 0.29) is 0 Å². The van der Waals surface area contributed by atoms with Crippen molar-refractivity contribution in [3.8, 4) is 5.75 Å². The number of benzene rings is 1. The predicted octanol–water partition coefficient (Wildman–Crippen LogP) is 3.74. The molecule has 0 radical (unpaired) electrons. The fourth-order valence-corrected chi connectivity index (χ4v) is 1.55. The monoisotopic (exact) mass is 240 g/mol. The second-order valence-corrected chi connectivity index (χ2v) is 4.05. The van der Waals surface area contributed by atoms with Gasteiger partial charge in [0.2, 0.25) is 0 Å². The third-order valence-corrected chi connectivity index (χ3v) is 2.54. The van der Waals surface area contributed by atoms with Crippen molar-refractivity contribution in [1.82, 2.24) is 0 Å². The van der Waals surface area contributed by atoms with Crippen LogP contribution in [0, 0.1) is 0 Å². The molecule has 1 atom stereocenters. The Balaban J connectivity index is 2.57. The summed E-state index contributed by atoms with van der Waals surface area (Å²) in [5.74, 6) is 0.662. The number of ether oxygens (including phenoxy) is 1. The Labute approximate surface area is 102 Å². The van der Waals surface area contributed by atoms with E-state index in [9.17, 15) is 5.11 Å². The first-order valence-electron chi connectivity index (χ1n) is 5.36. The van der Waals surface area contributed by atoms with Crippen LogP contribution < -0.4 is 4.74 Å². The van der Waals surface area contributed by atoms with Crippen LogP contribution in [0.25, 0.3) is 0 Å². The van der Waals surface area contributed by atoms with Crippen molar-refractivity contribution in [2.75, 3.05) is 6.61 Å². The molecule has 0 saturated carbocycles. The molecule has 0 amide bonds. The average Bonchev–Trinajstić information content (AvgIpc) is 2.26. The molecule has 3 heteroatoms. The van der Waals surface area contributed by atoms with Gasteiger partial charge in [-0.05, 0) is 37.5 Å². The normalized spacial score (nSPS) is 12.2. The highest BCUT2D eigenvalue weighted by Crippen LogP contribution is 2.27. The van der Waals surface area contributed by atoms with E-state index in [1.807, 2.05) is 12.1 Å². The fourth-order valence-electron chi connectivity index (χ4n) is 1.30. The summed E-state index contributed by atoms with van der Waals surface area (Å²) in [7, 11) is 0. The molecule has 0 bridgehead atoms. The quantitative estimate of drug-likeness (QED) is 0.606. The second kappa shape index (κ2) is 6.56. The molecular formula is C13H17ClO2. The summed E-state index contributed by atoms with van der Waals surface area (Å²) in [6, 6.07) is 5.34. The van der Waals surface area contributed by atoms with Gasteiger partial charge in [0.15, 0.2) is 0 Å². The first-order chi connectivity index (χ1) is 7.65. The number of aliphatic hydroxyl groups is 1.